The Bertz CT molecular complexity index is 311. The monoisotopic (exact) mass is 240 g/mol. The van der Waals surface area contributed by atoms with E-state index < -0.39 is 5.60 Å². The Balaban J connectivity index is 2.04. The van der Waals surface area contributed by atoms with Gasteiger partial charge in [0.05, 0.1) is 5.66 Å². The van der Waals surface area contributed by atoms with Crippen LogP contribution in [0.25, 0.3) is 0 Å². The van der Waals surface area contributed by atoms with Gasteiger partial charge in [0, 0.05) is 6.54 Å². The fraction of sp³-hybridized carbons (Fsp3) is 0.923. The zero-order valence-corrected chi connectivity index (χ0v) is 11.4. The van der Waals surface area contributed by atoms with Crippen LogP contribution in [0.5, 0.6) is 0 Å². The fourth-order valence-electron chi connectivity index (χ4n) is 3.24. The summed E-state index contributed by atoms with van der Waals surface area (Å²) >= 11 is 0. The van der Waals surface area contributed by atoms with Gasteiger partial charge in [-0.3, -0.25) is 4.90 Å². The molecule has 1 heterocycles. The van der Waals surface area contributed by atoms with Crippen molar-refractivity contribution in [3.63, 3.8) is 0 Å². The molecule has 2 fully saturated rings. The van der Waals surface area contributed by atoms with Crippen molar-refractivity contribution in [1.82, 2.24) is 10.2 Å². The van der Waals surface area contributed by atoms with Crippen LogP contribution in [0.4, 0.5) is 4.79 Å². The van der Waals surface area contributed by atoms with Crippen LogP contribution in [0.1, 0.15) is 46.5 Å². The van der Waals surface area contributed by atoms with Gasteiger partial charge in [0.2, 0.25) is 0 Å². The maximum Gasteiger partial charge on any atom is 0.409 e. The number of nitrogens with zero attached hydrogens (tertiary/aromatic N) is 1. The van der Waals surface area contributed by atoms with Crippen LogP contribution < -0.4 is 5.32 Å². The van der Waals surface area contributed by atoms with E-state index in [1.54, 1.807) is 0 Å². The maximum absolute atomic E-state index is 11.9. The number of hydrogen-bond donors (Lipinski definition) is 1. The lowest BCUT2D eigenvalue weighted by Gasteiger charge is -2.37. The number of carbonyl (C=O) groups is 1. The number of alkyl carbamates (subject to hydrolysis) is 1. The van der Waals surface area contributed by atoms with E-state index in [1.807, 2.05) is 20.8 Å². The molecule has 1 N–H and O–H groups in total. The van der Waals surface area contributed by atoms with Crippen LogP contribution >= 0.6 is 0 Å². The van der Waals surface area contributed by atoms with Gasteiger partial charge in [0.25, 0.3) is 0 Å². The number of hydrogen-bond acceptors (Lipinski definition) is 3. The second kappa shape index (κ2) is 4.16. The summed E-state index contributed by atoms with van der Waals surface area (Å²) < 4.78 is 5.37. The Morgan fingerprint density at radius 3 is 2.76 bits per heavy atom. The summed E-state index contributed by atoms with van der Waals surface area (Å²) in [4.78, 5) is 14.2. The van der Waals surface area contributed by atoms with E-state index in [0.717, 1.165) is 13.0 Å². The van der Waals surface area contributed by atoms with Crippen molar-refractivity contribution in [3.05, 3.63) is 0 Å². The maximum atomic E-state index is 11.9. The largest absolute Gasteiger partial charge is 0.444 e. The summed E-state index contributed by atoms with van der Waals surface area (Å²) in [5.74, 6) is 0.597. The standard InChI is InChI=1S/C13H24N2O2/c1-12(2,3)17-11(16)14-13-8-5-6-10(13)7-9-15(13)4/h10H,5-9H2,1-4H3,(H,14,16). The molecule has 4 heteroatoms. The molecule has 0 aromatic heterocycles. The average molecular weight is 240 g/mol. The minimum Gasteiger partial charge on any atom is -0.444 e. The molecule has 2 rings (SSSR count). The molecule has 0 aromatic carbocycles. The first-order valence-electron chi connectivity index (χ1n) is 6.56. The molecule has 2 aliphatic rings. The highest BCUT2D eigenvalue weighted by Gasteiger charge is 2.51. The third-order valence-corrected chi connectivity index (χ3v) is 4.00. The molecule has 98 valence electrons. The number of carbonyl (C=O) groups excluding carboxylic acids is 1. The highest BCUT2D eigenvalue weighted by Crippen LogP contribution is 2.44. The van der Waals surface area contributed by atoms with E-state index in [2.05, 4.69) is 17.3 Å². The van der Waals surface area contributed by atoms with Gasteiger partial charge in [0.15, 0.2) is 0 Å². The summed E-state index contributed by atoms with van der Waals surface area (Å²) in [6.45, 7) is 6.76. The molecule has 0 aromatic rings. The molecule has 17 heavy (non-hydrogen) atoms. The Morgan fingerprint density at radius 2 is 2.12 bits per heavy atom. The first kappa shape index (κ1) is 12.7. The second-order valence-corrected chi connectivity index (χ2v) is 6.35. The zero-order chi connectivity index (χ0) is 12.7. The number of ether oxygens (including phenoxy) is 1. The van der Waals surface area contributed by atoms with Gasteiger partial charge >= 0.3 is 6.09 Å². The quantitative estimate of drug-likeness (QED) is 0.765. The van der Waals surface area contributed by atoms with Crippen LogP contribution in [0.2, 0.25) is 0 Å². The Labute approximate surface area is 104 Å². The topological polar surface area (TPSA) is 41.6 Å². The number of fused-ring (bicyclic) bond motifs is 1. The highest BCUT2D eigenvalue weighted by atomic mass is 16.6. The molecule has 0 bridgehead atoms. The third kappa shape index (κ3) is 2.41. The lowest BCUT2D eigenvalue weighted by Crippen LogP contribution is -2.58. The second-order valence-electron chi connectivity index (χ2n) is 6.35. The Hall–Kier alpha value is -0.770. The van der Waals surface area contributed by atoms with Crippen LogP contribution in [-0.2, 0) is 4.74 Å². The minimum absolute atomic E-state index is 0.137. The van der Waals surface area contributed by atoms with Crippen LogP contribution in [0.15, 0.2) is 0 Å². The van der Waals surface area contributed by atoms with Crippen molar-refractivity contribution in [2.24, 2.45) is 5.92 Å². The summed E-state index contributed by atoms with van der Waals surface area (Å²) in [5, 5.41) is 3.13. The van der Waals surface area contributed by atoms with Gasteiger partial charge in [-0.15, -0.1) is 0 Å². The van der Waals surface area contributed by atoms with Crippen molar-refractivity contribution in [2.75, 3.05) is 13.6 Å². The molecule has 2 atom stereocenters. The third-order valence-electron chi connectivity index (χ3n) is 4.00. The molecule has 1 saturated carbocycles. The molecule has 1 aliphatic heterocycles. The predicted octanol–water partition coefficient (Wildman–Crippen LogP) is 2.34. The SMILES string of the molecule is CN1CCC2CCCC21NC(=O)OC(C)(C)C. The lowest BCUT2D eigenvalue weighted by molar-refractivity contribution is 0.0273. The lowest BCUT2D eigenvalue weighted by atomic mass is 9.97. The van der Waals surface area contributed by atoms with Gasteiger partial charge in [-0.05, 0) is 59.4 Å². The molecule has 0 radical (unpaired) electrons. The van der Waals surface area contributed by atoms with Gasteiger partial charge in [0.1, 0.15) is 5.60 Å². The first-order valence-corrected chi connectivity index (χ1v) is 6.56. The van der Waals surface area contributed by atoms with E-state index in [4.69, 9.17) is 4.74 Å². The molecule has 2 unspecified atom stereocenters. The van der Waals surface area contributed by atoms with Crippen molar-refractivity contribution >= 4 is 6.09 Å². The number of nitrogens with one attached hydrogen (secondary N) is 1. The molecule has 0 spiro atoms. The normalized spacial score (nSPS) is 33.5. The van der Waals surface area contributed by atoms with Crippen molar-refractivity contribution in [1.29, 1.82) is 0 Å². The van der Waals surface area contributed by atoms with Crippen LogP contribution in [-0.4, -0.2) is 35.8 Å². The number of likely N-dealkylation sites (tertiary alicyclic amines) is 1. The van der Waals surface area contributed by atoms with Crippen molar-refractivity contribution < 1.29 is 9.53 Å². The smallest absolute Gasteiger partial charge is 0.409 e. The van der Waals surface area contributed by atoms with E-state index in [0.29, 0.717) is 5.92 Å². The van der Waals surface area contributed by atoms with E-state index in [9.17, 15) is 4.79 Å². The zero-order valence-electron chi connectivity index (χ0n) is 11.4. The average Bonchev–Trinajstić information content (AvgIpc) is 2.65. The molecule has 4 nitrogen and oxygen atoms in total. The predicted molar refractivity (Wildman–Crippen MR) is 66.7 cm³/mol. The first-order chi connectivity index (χ1) is 7.83. The van der Waals surface area contributed by atoms with Crippen LogP contribution in [0, 0.1) is 5.92 Å². The molecule has 1 amide bonds. The van der Waals surface area contributed by atoms with Crippen LogP contribution in [0.3, 0.4) is 0 Å². The number of amides is 1. The molecule has 1 saturated heterocycles. The Morgan fingerprint density at radius 1 is 1.41 bits per heavy atom. The molecular weight excluding hydrogens is 216 g/mol. The Kier molecular flexibility index (Phi) is 3.10. The van der Waals surface area contributed by atoms with E-state index in [-0.39, 0.29) is 11.8 Å². The summed E-state index contributed by atoms with van der Waals surface area (Å²) in [6.07, 6.45) is 4.38. The van der Waals surface area contributed by atoms with Gasteiger partial charge in [-0.1, -0.05) is 0 Å². The number of rotatable bonds is 1. The van der Waals surface area contributed by atoms with E-state index >= 15 is 0 Å². The summed E-state index contributed by atoms with van der Waals surface area (Å²) in [6, 6.07) is 0. The minimum atomic E-state index is -0.425. The van der Waals surface area contributed by atoms with Gasteiger partial charge in [-0.2, -0.15) is 0 Å². The van der Waals surface area contributed by atoms with E-state index in [1.165, 1.54) is 19.3 Å². The summed E-state index contributed by atoms with van der Waals surface area (Å²) in [7, 11) is 2.10. The van der Waals surface area contributed by atoms with Gasteiger partial charge in [-0.25, -0.2) is 4.79 Å². The molecule has 1 aliphatic carbocycles. The highest BCUT2D eigenvalue weighted by molar-refractivity contribution is 5.69. The van der Waals surface area contributed by atoms with Gasteiger partial charge < -0.3 is 10.1 Å². The van der Waals surface area contributed by atoms with Crippen molar-refractivity contribution in [3.8, 4) is 0 Å². The summed E-state index contributed by atoms with van der Waals surface area (Å²) in [5.41, 5.74) is -0.561. The molecular formula is C13H24N2O2. The fourth-order valence-corrected chi connectivity index (χ4v) is 3.24. The van der Waals surface area contributed by atoms with Crippen molar-refractivity contribution in [2.45, 2.75) is 57.7 Å².